The summed E-state index contributed by atoms with van der Waals surface area (Å²) in [6.45, 7) is 3.04. The second-order valence-corrected chi connectivity index (χ2v) is 6.27. The standard InChI is InChI=1S/C11H15FN2O4S/c1-11(2,6-5-9(15)16)14-19(17,18)10-8(12)4-3-7-13-10/h3-4,7,14H,5-6H2,1-2H3,(H,15,16). The van der Waals surface area contributed by atoms with Gasteiger partial charge in [-0.15, -0.1) is 0 Å². The van der Waals surface area contributed by atoms with Gasteiger partial charge in [0.2, 0.25) is 5.03 Å². The second kappa shape index (κ2) is 5.62. The Balaban J connectivity index is 2.91. The molecule has 1 rings (SSSR count). The van der Waals surface area contributed by atoms with Crippen molar-refractivity contribution in [3.63, 3.8) is 0 Å². The second-order valence-electron chi connectivity index (χ2n) is 4.67. The van der Waals surface area contributed by atoms with Crippen LogP contribution < -0.4 is 4.72 Å². The monoisotopic (exact) mass is 290 g/mol. The molecule has 8 heteroatoms. The number of carbonyl (C=O) groups is 1. The van der Waals surface area contributed by atoms with E-state index in [1.165, 1.54) is 26.1 Å². The molecule has 1 aromatic rings. The van der Waals surface area contributed by atoms with E-state index in [9.17, 15) is 17.6 Å². The minimum Gasteiger partial charge on any atom is -0.481 e. The quantitative estimate of drug-likeness (QED) is 0.819. The molecular formula is C11H15FN2O4S. The van der Waals surface area contributed by atoms with E-state index in [1.54, 1.807) is 0 Å². The fourth-order valence-corrected chi connectivity index (χ4v) is 2.90. The number of nitrogens with one attached hydrogen (secondary N) is 1. The first-order valence-corrected chi connectivity index (χ1v) is 6.99. The first-order chi connectivity index (χ1) is 8.64. The molecule has 19 heavy (non-hydrogen) atoms. The number of pyridine rings is 1. The smallest absolute Gasteiger partial charge is 0.303 e. The number of sulfonamides is 1. The molecule has 0 aliphatic heterocycles. The maximum absolute atomic E-state index is 13.4. The van der Waals surface area contributed by atoms with Crippen molar-refractivity contribution in [1.82, 2.24) is 9.71 Å². The maximum Gasteiger partial charge on any atom is 0.303 e. The van der Waals surface area contributed by atoms with E-state index >= 15 is 0 Å². The number of carboxylic acid groups (broad SMARTS) is 1. The highest BCUT2D eigenvalue weighted by Crippen LogP contribution is 2.17. The number of rotatable bonds is 6. The fraction of sp³-hybridized carbons (Fsp3) is 0.455. The van der Waals surface area contributed by atoms with Gasteiger partial charge in [0.15, 0.2) is 5.82 Å². The lowest BCUT2D eigenvalue weighted by Gasteiger charge is -2.24. The average Bonchev–Trinajstić information content (AvgIpc) is 2.25. The first-order valence-electron chi connectivity index (χ1n) is 5.50. The molecule has 0 aromatic carbocycles. The summed E-state index contributed by atoms with van der Waals surface area (Å²) in [5.74, 6) is -1.99. The zero-order valence-corrected chi connectivity index (χ0v) is 11.4. The van der Waals surface area contributed by atoms with Crippen LogP contribution in [-0.4, -0.2) is 30.0 Å². The van der Waals surface area contributed by atoms with Crippen molar-refractivity contribution in [1.29, 1.82) is 0 Å². The summed E-state index contributed by atoms with van der Waals surface area (Å²) >= 11 is 0. The summed E-state index contributed by atoms with van der Waals surface area (Å²) in [7, 11) is -4.13. The summed E-state index contributed by atoms with van der Waals surface area (Å²) in [5, 5.41) is 7.89. The predicted octanol–water partition coefficient (Wildman–Crippen LogP) is 1.14. The Morgan fingerprint density at radius 3 is 2.68 bits per heavy atom. The molecular weight excluding hydrogens is 275 g/mol. The van der Waals surface area contributed by atoms with Crippen LogP contribution in [0.1, 0.15) is 26.7 Å². The Morgan fingerprint density at radius 2 is 2.16 bits per heavy atom. The Labute approximate surface area is 110 Å². The highest BCUT2D eigenvalue weighted by atomic mass is 32.2. The summed E-state index contributed by atoms with van der Waals surface area (Å²) in [6, 6.07) is 2.27. The van der Waals surface area contributed by atoms with Crippen LogP contribution in [0.4, 0.5) is 4.39 Å². The number of nitrogens with zero attached hydrogens (tertiary/aromatic N) is 1. The summed E-state index contributed by atoms with van der Waals surface area (Å²) in [4.78, 5) is 14.0. The maximum atomic E-state index is 13.4. The van der Waals surface area contributed by atoms with Crippen LogP contribution in [0.5, 0.6) is 0 Å². The molecule has 1 heterocycles. The van der Waals surface area contributed by atoms with Crippen molar-refractivity contribution in [3.05, 3.63) is 24.1 Å². The van der Waals surface area contributed by atoms with E-state index in [0.29, 0.717) is 0 Å². The summed E-state index contributed by atoms with van der Waals surface area (Å²) < 4.78 is 39.6. The minimum absolute atomic E-state index is 0.0794. The highest BCUT2D eigenvalue weighted by Gasteiger charge is 2.29. The molecule has 0 aliphatic rings. The van der Waals surface area contributed by atoms with Crippen LogP contribution in [0.15, 0.2) is 23.4 Å². The van der Waals surface area contributed by atoms with Crippen LogP contribution in [0.3, 0.4) is 0 Å². The molecule has 1 aromatic heterocycles. The lowest BCUT2D eigenvalue weighted by Crippen LogP contribution is -2.44. The van der Waals surface area contributed by atoms with Gasteiger partial charge in [-0.3, -0.25) is 4.79 Å². The Bertz CT molecular complexity index is 572. The molecule has 0 amide bonds. The fourth-order valence-electron chi connectivity index (χ4n) is 1.45. The molecule has 0 unspecified atom stereocenters. The van der Waals surface area contributed by atoms with Crippen molar-refractivity contribution in [3.8, 4) is 0 Å². The summed E-state index contributed by atoms with van der Waals surface area (Å²) in [5.41, 5.74) is -1.01. The third-order valence-electron chi connectivity index (χ3n) is 2.35. The van der Waals surface area contributed by atoms with Gasteiger partial charge in [-0.25, -0.2) is 22.5 Å². The van der Waals surface area contributed by atoms with Crippen LogP contribution >= 0.6 is 0 Å². The van der Waals surface area contributed by atoms with E-state index in [0.717, 1.165) is 6.07 Å². The van der Waals surface area contributed by atoms with Gasteiger partial charge in [0.05, 0.1) is 0 Å². The van der Waals surface area contributed by atoms with Gasteiger partial charge in [0, 0.05) is 18.2 Å². The molecule has 106 valence electrons. The van der Waals surface area contributed by atoms with Crippen LogP contribution in [-0.2, 0) is 14.8 Å². The van der Waals surface area contributed by atoms with Gasteiger partial charge in [-0.2, -0.15) is 0 Å². The van der Waals surface area contributed by atoms with E-state index in [2.05, 4.69) is 9.71 Å². The average molecular weight is 290 g/mol. The third kappa shape index (κ3) is 4.56. The van der Waals surface area contributed by atoms with Crippen LogP contribution in [0.25, 0.3) is 0 Å². The predicted molar refractivity (Wildman–Crippen MR) is 65.5 cm³/mol. The third-order valence-corrected chi connectivity index (χ3v) is 3.98. The van der Waals surface area contributed by atoms with Crippen molar-refractivity contribution >= 4 is 16.0 Å². The molecule has 0 atom stereocenters. The SMILES string of the molecule is CC(C)(CCC(=O)O)NS(=O)(=O)c1ncccc1F. The normalized spacial score (nSPS) is 12.4. The van der Waals surface area contributed by atoms with E-state index in [4.69, 9.17) is 5.11 Å². The number of hydrogen-bond acceptors (Lipinski definition) is 4. The largest absolute Gasteiger partial charge is 0.481 e. The number of halogens is 1. The van der Waals surface area contributed by atoms with Crippen molar-refractivity contribution < 1.29 is 22.7 Å². The highest BCUT2D eigenvalue weighted by molar-refractivity contribution is 7.89. The number of aliphatic carboxylic acids is 1. The van der Waals surface area contributed by atoms with E-state index in [1.807, 2.05) is 0 Å². The number of aromatic nitrogens is 1. The number of hydrogen-bond donors (Lipinski definition) is 2. The molecule has 0 aliphatic carbocycles. The first kappa shape index (κ1) is 15.5. The molecule has 2 N–H and O–H groups in total. The van der Waals surface area contributed by atoms with E-state index < -0.39 is 32.4 Å². The molecule has 6 nitrogen and oxygen atoms in total. The lowest BCUT2D eigenvalue weighted by molar-refractivity contribution is -0.137. The van der Waals surface area contributed by atoms with Crippen molar-refractivity contribution in [2.75, 3.05) is 0 Å². The topological polar surface area (TPSA) is 96.4 Å². The molecule has 0 radical (unpaired) electrons. The number of carboxylic acids is 1. The molecule has 0 spiro atoms. The van der Waals surface area contributed by atoms with Gasteiger partial charge in [0.25, 0.3) is 10.0 Å². The van der Waals surface area contributed by atoms with Gasteiger partial charge in [-0.1, -0.05) is 0 Å². The van der Waals surface area contributed by atoms with Gasteiger partial charge < -0.3 is 5.11 Å². The van der Waals surface area contributed by atoms with Crippen LogP contribution in [0.2, 0.25) is 0 Å². The van der Waals surface area contributed by atoms with Crippen molar-refractivity contribution in [2.45, 2.75) is 37.3 Å². The Hall–Kier alpha value is -1.54. The van der Waals surface area contributed by atoms with Crippen LogP contribution in [0, 0.1) is 5.82 Å². The van der Waals surface area contributed by atoms with Crippen molar-refractivity contribution in [2.24, 2.45) is 0 Å². The molecule has 0 bridgehead atoms. The van der Waals surface area contributed by atoms with Gasteiger partial charge >= 0.3 is 5.97 Å². The van der Waals surface area contributed by atoms with Gasteiger partial charge in [0.1, 0.15) is 0 Å². The zero-order valence-electron chi connectivity index (χ0n) is 10.6. The van der Waals surface area contributed by atoms with Gasteiger partial charge in [-0.05, 0) is 32.4 Å². The molecule has 0 saturated carbocycles. The molecule has 0 fully saturated rings. The minimum atomic E-state index is -4.13. The van der Waals surface area contributed by atoms with E-state index in [-0.39, 0.29) is 12.8 Å². The summed E-state index contributed by atoms with van der Waals surface area (Å²) in [6.07, 6.45) is 1.05. The Kier molecular flexibility index (Phi) is 4.59. The molecule has 0 saturated heterocycles. The zero-order chi connectivity index (χ0) is 14.7. The Morgan fingerprint density at radius 1 is 1.53 bits per heavy atom. The lowest BCUT2D eigenvalue weighted by atomic mass is 10.0.